The van der Waals surface area contributed by atoms with Gasteiger partial charge < -0.3 is 9.30 Å². The van der Waals surface area contributed by atoms with E-state index in [1.54, 1.807) is 7.11 Å². The minimum absolute atomic E-state index is 0.101. The molecule has 1 atom stereocenters. The molecule has 2 aromatic rings. The van der Waals surface area contributed by atoms with Gasteiger partial charge in [0.05, 0.1) is 12.5 Å². The summed E-state index contributed by atoms with van der Waals surface area (Å²) >= 11 is 6.18. The third-order valence-corrected chi connectivity index (χ3v) is 3.21. The van der Waals surface area contributed by atoms with Crippen molar-refractivity contribution in [1.29, 1.82) is 0 Å². The monoisotopic (exact) mass is 251 g/mol. The molecule has 0 saturated heterocycles. The van der Waals surface area contributed by atoms with Crippen LogP contribution in [0.25, 0.3) is 11.2 Å². The van der Waals surface area contributed by atoms with Gasteiger partial charge in [0.1, 0.15) is 11.3 Å². The molecule has 1 fully saturated rings. The average Bonchev–Trinajstić information content (AvgIpc) is 3.08. The second-order valence-electron chi connectivity index (χ2n) is 4.38. The molecule has 4 nitrogen and oxygen atoms in total. The molecule has 2 aromatic heterocycles. The largest absolute Gasteiger partial charge is 0.481 e. The van der Waals surface area contributed by atoms with Crippen LogP contribution < -0.4 is 4.74 Å². The molecule has 0 radical (unpaired) electrons. The smallest absolute Gasteiger partial charge is 0.215 e. The molecule has 1 aliphatic rings. The standard InChI is InChI=1S/C12H14ClN3O/c1-7(13)11-14-9-5-6-10(17-2)15-12(9)16(11)8-3-4-8/h5-8H,3-4H2,1-2H3. The molecule has 1 unspecified atom stereocenters. The van der Waals surface area contributed by atoms with Crippen molar-refractivity contribution in [2.75, 3.05) is 7.11 Å². The van der Waals surface area contributed by atoms with Crippen LogP contribution in [0, 0.1) is 0 Å². The zero-order chi connectivity index (χ0) is 12.0. The van der Waals surface area contributed by atoms with E-state index in [2.05, 4.69) is 14.5 Å². The highest BCUT2D eigenvalue weighted by atomic mass is 35.5. The van der Waals surface area contributed by atoms with E-state index in [1.807, 2.05) is 19.1 Å². The van der Waals surface area contributed by atoms with Crippen LogP contribution >= 0.6 is 11.6 Å². The lowest BCUT2D eigenvalue weighted by Gasteiger charge is -2.08. The molecule has 0 N–H and O–H groups in total. The van der Waals surface area contributed by atoms with E-state index in [-0.39, 0.29) is 5.38 Å². The number of aromatic nitrogens is 3. The maximum absolute atomic E-state index is 6.18. The number of imidazole rings is 1. The van der Waals surface area contributed by atoms with Crippen LogP contribution in [0.15, 0.2) is 12.1 Å². The number of hydrogen-bond donors (Lipinski definition) is 0. The predicted octanol–water partition coefficient (Wildman–Crippen LogP) is 3.07. The van der Waals surface area contributed by atoms with Gasteiger partial charge in [-0.05, 0) is 25.8 Å². The number of alkyl halides is 1. The fourth-order valence-corrected chi connectivity index (χ4v) is 2.21. The minimum atomic E-state index is -0.101. The number of pyridine rings is 1. The van der Waals surface area contributed by atoms with Crippen molar-refractivity contribution >= 4 is 22.8 Å². The molecule has 5 heteroatoms. The Labute approximate surface area is 105 Å². The predicted molar refractivity (Wildman–Crippen MR) is 66.6 cm³/mol. The maximum Gasteiger partial charge on any atom is 0.215 e. The first-order valence-electron chi connectivity index (χ1n) is 5.77. The van der Waals surface area contributed by atoms with Gasteiger partial charge in [0.15, 0.2) is 5.65 Å². The Morgan fingerprint density at radius 3 is 2.76 bits per heavy atom. The summed E-state index contributed by atoms with van der Waals surface area (Å²) in [6.07, 6.45) is 2.36. The molecule has 2 heterocycles. The van der Waals surface area contributed by atoms with Gasteiger partial charge in [-0.25, -0.2) is 4.98 Å². The Morgan fingerprint density at radius 1 is 1.41 bits per heavy atom. The third-order valence-electron chi connectivity index (χ3n) is 3.02. The molecular formula is C12H14ClN3O. The fraction of sp³-hybridized carbons (Fsp3) is 0.500. The summed E-state index contributed by atoms with van der Waals surface area (Å²) in [5.74, 6) is 1.53. The highest BCUT2D eigenvalue weighted by molar-refractivity contribution is 6.20. The minimum Gasteiger partial charge on any atom is -0.481 e. The molecule has 1 saturated carbocycles. The van der Waals surface area contributed by atoms with Gasteiger partial charge in [-0.3, -0.25) is 0 Å². The lowest BCUT2D eigenvalue weighted by Crippen LogP contribution is -2.03. The molecule has 0 aliphatic heterocycles. The number of ether oxygens (including phenoxy) is 1. The van der Waals surface area contributed by atoms with Gasteiger partial charge in [-0.15, -0.1) is 11.6 Å². The molecular weight excluding hydrogens is 238 g/mol. The lowest BCUT2D eigenvalue weighted by atomic mass is 10.4. The SMILES string of the molecule is COc1ccc2nc(C(C)Cl)n(C3CC3)c2n1. The Balaban J connectivity index is 2.24. The molecule has 0 spiro atoms. The number of fused-ring (bicyclic) bond motifs is 1. The molecule has 0 aromatic carbocycles. The zero-order valence-electron chi connectivity index (χ0n) is 9.85. The summed E-state index contributed by atoms with van der Waals surface area (Å²) in [4.78, 5) is 9.04. The van der Waals surface area contributed by atoms with Gasteiger partial charge in [0.2, 0.25) is 5.88 Å². The molecule has 0 amide bonds. The molecule has 3 rings (SSSR count). The van der Waals surface area contributed by atoms with Crippen LogP contribution in [0.3, 0.4) is 0 Å². The van der Waals surface area contributed by atoms with Crippen LogP contribution in [0.2, 0.25) is 0 Å². The number of nitrogens with zero attached hydrogens (tertiary/aromatic N) is 3. The number of hydrogen-bond acceptors (Lipinski definition) is 3. The lowest BCUT2D eigenvalue weighted by molar-refractivity contribution is 0.399. The van der Waals surface area contributed by atoms with Crippen molar-refractivity contribution in [3.63, 3.8) is 0 Å². The van der Waals surface area contributed by atoms with Crippen molar-refractivity contribution in [3.05, 3.63) is 18.0 Å². The van der Waals surface area contributed by atoms with Crippen molar-refractivity contribution in [1.82, 2.24) is 14.5 Å². The first-order chi connectivity index (χ1) is 8.20. The normalized spacial score (nSPS) is 17.4. The van der Waals surface area contributed by atoms with Gasteiger partial charge in [-0.2, -0.15) is 4.98 Å². The Kier molecular flexibility index (Phi) is 2.47. The highest BCUT2D eigenvalue weighted by Crippen LogP contribution is 2.40. The van der Waals surface area contributed by atoms with Crippen LogP contribution in [-0.2, 0) is 0 Å². The van der Waals surface area contributed by atoms with Crippen LogP contribution in [0.4, 0.5) is 0 Å². The van der Waals surface area contributed by atoms with E-state index in [0.29, 0.717) is 11.9 Å². The first-order valence-corrected chi connectivity index (χ1v) is 6.21. The van der Waals surface area contributed by atoms with Crippen molar-refractivity contribution in [2.45, 2.75) is 31.2 Å². The molecule has 90 valence electrons. The summed E-state index contributed by atoms with van der Waals surface area (Å²) in [6, 6.07) is 4.27. The van der Waals surface area contributed by atoms with Crippen LogP contribution in [0.1, 0.15) is 37.0 Å². The first kappa shape index (κ1) is 10.8. The number of halogens is 1. The Hall–Kier alpha value is -1.29. The van der Waals surface area contributed by atoms with Gasteiger partial charge >= 0.3 is 0 Å². The molecule has 17 heavy (non-hydrogen) atoms. The van der Waals surface area contributed by atoms with Gasteiger partial charge in [0.25, 0.3) is 0 Å². The summed E-state index contributed by atoms with van der Waals surface area (Å²) in [5.41, 5.74) is 1.77. The summed E-state index contributed by atoms with van der Waals surface area (Å²) in [5, 5.41) is -0.101. The van der Waals surface area contributed by atoms with E-state index in [0.717, 1.165) is 17.0 Å². The van der Waals surface area contributed by atoms with Crippen molar-refractivity contribution in [2.24, 2.45) is 0 Å². The average molecular weight is 252 g/mol. The zero-order valence-corrected chi connectivity index (χ0v) is 10.6. The van der Waals surface area contributed by atoms with E-state index >= 15 is 0 Å². The second-order valence-corrected chi connectivity index (χ2v) is 5.04. The topological polar surface area (TPSA) is 39.9 Å². The highest BCUT2D eigenvalue weighted by Gasteiger charge is 2.30. The Bertz CT molecular complexity index is 560. The summed E-state index contributed by atoms with van der Waals surface area (Å²) in [7, 11) is 1.62. The van der Waals surface area contributed by atoms with Gasteiger partial charge in [-0.1, -0.05) is 0 Å². The molecule has 0 bridgehead atoms. The third kappa shape index (κ3) is 1.76. The number of methoxy groups -OCH3 is 1. The van der Waals surface area contributed by atoms with E-state index in [1.165, 1.54) is 12.8 Å². The Morgan fingerprint density at radius 2 is 2.18 bits per heavy atom. The van der Waals surface area contributed by atoms with E-state index in [4.69, 9.17) is 16.3 Å². The molecule has 1 aliphatic carbocycles. The van der Waals surface area contributed by atoms with E-state index < -0.39 is 0 Å². The number of rotatable bonds is 3. The van der Waals surface area contributed by atoms with Crippen molar-refractivity contribution < 1.29 is 4.74 Å². The van der Waals surface area contributed by atoms with Crippen molar-refractivity contribution in [3.8, 4) is 5.88 Å². The summed E-state index contributed by atoms with van der Waals surface area (Å²) < 4.78 is 7.32. The van der Waals surface area contributed by atoms with Crippen LogP contribution in [0.5, 0.6) is 5.88 Å². The summed E-state index contributed by atoms with van der Waals surface area (Å²) in [6.45, 7) is 1.94. The second kappa shape index (κ2) is 3.88. The van der Waals surface area contributed by atoms with Gasteiger partial charge in [0, 0.05) is 12.1 Å². The maximum atomic E-state index is 6.18. The quantitative estimate of drug-likeness (QED) is 0.787. The van der Waals surface area contributed by atoms with E-state index in [9.17, 15) is 0 Å². The fourth-order valence-electron chi connectivity index (χ4n) is 2.06. The van der Waals surface area contributed by atoms with Crippen LogP contribution in [-0.4, -0.2) is 21.6 Å².